The lowest BCUT2D eigenvalue weighted by atomic mass is 9.93. The smallest absolute Gasteiger partial charge is 0.0623 e. The van der Waals surface area contributed by atoms with E-state index in [9.17, 15) is 0 Å². The van der Waals surface area contributed by atoms with E-state index >= 15 is 0 Å². The molecular formula is C28H27N. The molecule has 0 fully saturated rings. The summed E-state index contributed by atoms with van der Waals surface area (Å²) in [6, 6.07) is 16.7. The molecule has 29 heavy (non-hydrogen) atoms. The molecule has 144 valence electrons. The number of hydrogen-bond donors (Lipinski definition) is 0. The normalized spacial score (nSPS) is 17.7. The monoisotopic (exact) mass is 377 g/mol. The first-order valence-corrected chi connectivity index (χ1v) is 11.7. The van der Waals surface area contributed by atoms with E-state index in [0.29, 0.717) is 0 Å². The number of aromatic nitrogens is 1. The number of aryl methyl sites for hydroxylation is 4. The average Bonchev–Trinajstić information content (AvgIpc) is 3.00. The van der Waals surface area contributed by atoms with Gasteiger partial charge in [-0.25, -0.2) is 0 Å². The number of rotatable bonds is 0. The zero-order chi connectivity index (χ0) is 18.9. The molecule has 1 nitrogen and oxygen atoms in total. The Bertz CT molecular complexity index is 1400. The van der Waals surface area contributed by atoms with Crippen molar-refractivity contribution in [2.75, 3.05) is 0 Å². The minimum absolute atomic E-state index is 1.24. The first kappa shape index (κ1) is 16.3. The summed E-state index contributed by atoms with van der Waals surface area (Å²) in [6.07, 6.45) is 13.1. The molecule has 0 aliphatic heterocycles. The van der Waals surface area contributed by atoms with Crippen LogP contribution in [0.5, 0.6) is 0 Å². The fourth-order valence-electron chi connectivity index (χ4n) is 6.49. The minimum Gasteiger partial charge on any atom is -0.308 e. The largest absolute Gasteiger partial charge is 0.308 e. The van der Waals surface area contributed by atoms with Gasteiger partial charge in [0, 0.05) is 21.5 Å². The van der Waals surface area contributed by atoms with Crippen molar-refractivity contribution in [3.05, 3.63) is 64.7 Å². The molecule has 0 amide bonds. The third-order valence-corrected chi connectivity index (χ3v) is 7.78. The summed E-state index contributed by atoms with van der Waals surface area (Å²) in [6.45, 7) is 0. The number of benzene rings is 3. The molecule has 0 radical (unpaired) electrons. The van der Waals surface area contributed by atoms with Crippen LogP contribution in [-0.2, 0) is 25.7 Å². The Morgan fingerprint density at radius 1 is 0.552 bits per heavy atom. The Hall–Kier alpha value is -2.54. The van der Waals surface area contributed by atoms with Crippen LogP contribution in [-0.4, -0.2) is 4.40 Å². The molecule has 0 N–H and O–H groups in total. The van der Waals surface area contributed by atoms with E-state index in [1.165, 1.54) is 96.9 Å². The average molecular weight is 378 g/mol. The number of hydrogen-bond acceptors (Lipinski definition) is 0. The van der Waals surface area contributed by atoms with E-state index in [-0.39, 0.29) is 0 Å². The van der Waals surface area contributed by atoms with Gasteiger partial charge in [0.15, 0.2) is 0 Å². The summed E-state index contributed by atoms with van der Waals surface area (Å²) in [7, 11) is 0. The van der Waals surface area contributed by atoms with Crippen LogP contribution in [0.15, 0.2) is 42.5 Å². The van der Waals surface area contributed by atoms with Crippen molar-refractivity contribution in [3.8, 4) is 0 Å². The van der Waals surface area contributed by atoms with Gasteiger partial charge in [0.2, 0.25) is 0 Å². The van der Waals surface area contributed by atoms with Crippen molar-refractivity contribution in [1.29, 1.82) is 0 Å². The number of fused-ring (bicyclic) bond motifs is 10. The SMILES string of the molecule is c1ccc2c(c1)c1c3c(cc4c5ccc6c(c5n2c41)CCCCC6)CCCCC3. The molecule has 1 heteroatoms. The quantitative estimate of drug-likeness (QED) is 0.248. The van der Waals surface area contributed by atoms with Crippen LogP contribution in [0.3, 0.4) is 0 Å². The van der Waals surface area contributed by atoms with Gasteiger partial charge in [-0.1, -0.05) is 43.2 Å². The van der Waals surface area contributed by atoms with Gasteiger partial charge >= 0.3 is 0 Å². The maximum absolute atomic E-state index is 2.66. The predicted molar refractivity (Wildman–Crippen MR) is 124 cm³/mol. The summed E-state index contributed by atoms with van der Waals surface area (Å²) in [4.78, 5) is 0. The Labute approximate surface area is 171 Å². The van der Waals surface area contributed by atoms with Crippen LogP contribution in [0.1, 0.15) is 60.8 Å². The highest BCUT2D eigenvalue weighted by Crippen LogP contribution is 2.45. The van der Waals surface area contributed by atoms with Crippen molar-refractivity contribution < 1.29 is 0 Å². The van der Waals surface area contributed by atoms with E-state index in [1.807, 2.05) is 0 Å². The van der Waals surface area contributed by atoms with Crippen molar-refractivity contribution >= 4 is 38.1 Å². The maximum atomic E-state index is 2.66. The third-order valence-electron chi connectivity index (χ3n) is 7.78. The Morgan fingerprint density at radius 3 is 2.21 bits per heavy atom. The third kappa shape index (κ3) is 2.11. The molecule has 0 atom stereocenters. The van der Waals surface area contributed by atoms with E-state index < -0.39 is 0 Å². The summed E-state index contributed by atoms with van der Waals surface area (Å²) in [5, 5.41) is 6.02. The first-order valence-electron chi connectivity index (χ1n) is 11.7. The van der Waals surface area contributed by atoms with Crippen LogP contribution in [0.25, 0.3) is 38.1 Å². The Morgan fingerprint density at radius 2 is 1.31 bits per heavy atom. The molecule has 7 rings (SSSR count). The first-order chi connectivity index (χ1) is 14.4. The summed E-state index contributed by atoms with van der Waals surface area (Å²) < 4.78 is 2.66. The lowest BCUT2D eigenvalue weighted by Crippen LogP contribution is -1.94. The van der Waals surface area contributed by atoms with E-state index in [2.05, 4.69) is 46.9 Å². The highest BCUT2D eigenvalue weighted by molar-refractivity contribution is 6.25. The van der Waals surface area contributed by atoms with E-state index in [4.69, 9.17) is 0 Å². The second-order valence-electron chi connectivity index (χ2n) is 9.36. The van der Waals surface area contributed by atoms with Gasteiger partial charge in [0.25, 0.3) is 0 Å². The number of para-hydroxylation sites is 1. The van der Waals surface area contributed by atoms with Crippen LogP contribution < -0.4 is 0 Å². The second kappa shape index (κ2) is 5.98. The highest BCUT2D eigenvalue weighted by atomic mass is 14.9. The van der Waals surface area contributed by atoms with Gasteiger partial charge in [-0.05, 0) is 85.8 Å². The van der Waals surface area contributed by atoms with E-state index in [0.717, 1.165) is 0 Å². The van der Waals surface area contributed by atoms with Crippen molar-refractivity contribution in [1.82, 2.24) is 4.40 Å². The van der Waals surface area contributed by atoms with Gasteiger partial charge < -0.3 is 4.40 Å². The fraction of sp³-hybridized carbons (Fsp3) is 0.357. The molecule has 2 aromatic heterocycles. The minimum atomic E-state index is 1.24. The predicted octanol–water partition coefficient (Wildman–Crippen LogP) is 7.37. The molecular weight excluding hydrogens is 350 g/mol. The van der Waals surface area contributed by atoms with Gasteiger partial charge in [-0.15, -0.1) is 0 Å². The van der Waals surface area contributed by atoms with Gasteiger partial charge in [0.05, 0.1) is 16.6 Å². The molecule has 2 aliphatic carbocycles. The van der Waals surface area contributed by atoms with Crippen LogP contribution in [0.4, 0.5) is 0 Å². The highest BCUT2D eigenvalue weighted by Gasteiger charge is 2.25. The van der Waals surface area contributed by atoms with Crippen LogP contribution in [0.2, 0.25) is 0 Å². The molecule has 3 aromatic carbocycles. The van der Waals surface area contributed by atoms with Crippen LogP contribution in [0, 0.1) is 0 Å². The van der Waals surface area contributed by atoms with Crippen LogP contribution >= 0.6 is 0 Å². The molecule has 0 bridgehead atoms. The Kier molecular flexibility index (Phi) is 3.36. The molecule has 0 unspecified atom stereocenters. The standard InChI is InChI=1S/C28H27N/c1-3-9-18-15-16-22-24-17-19-10-4-2-5-11-20(19)26-23-13-7-8-14-25(23)29(28(24)26)27(22)21(18)12-6-1/h7-8,13-17H,1-6,9-12H2. The molecule has 0 spiro atoms. The van der Waals surface area contributed by atoms with Crippen molar-refractivity contribution in [2.45, 2.75) is 64.2 Å². The molecule has 2 heterocycles. The topological polar surface area (TPSA) is 4.41 Å². The zero-order valence-electron chi connectivity index (χ0n) is 17.1. The molecule has 0 saturated heterocycles. The lowest BCUT2D eigenvalue weighted by Gasteiger charge is -2.10. The van der Waals surface area contributed by atoms with Crippen molar-refractivity contribution in [2.24, 2.45) is 0 Å². The van der Waals surface area contributed by atoms with Crippen molar-refractivity contribution in [3.63, 3.8) is 0 Å². The Balaban J connectivity index is 1.76. The molecule has 5 aromatic rings. The summed E-state index contributed by atoms with van der Waals surface area (Å²) in [5.41, 5.74) is 10.9. The van der Waals surface area contributed by atoms with Gasteiger partial charge in [-0.2, -0.15) is 0 Å². The second-order valence-corrected chi connectivity index (χ2v) is 9.36. The van der Waals surface area contributed by atoms with Gasteiger partial charge in [-0.3, -0.25) is 0 Å². The summed E-state index contributed by atoms with van der Waals surface area (Å²) in [5.74, 6) is 0. The summed E-state index contributed by atoms with van der Waals surface area (Å²) >= 11 is 0. The number of nitrogens with zero attached hydrogens (tertiary/aromatic N) is 1. The van der Waals surface area contributed by atoms with Gasteiger partial charge in [0.1, 0.15) is 0 Å². The maximum Gasteiger partial charge on any atom is 0.0623 e. The van der Waals surface area contributed by atoms with E-state index in [1.54, 1.807) is 27.6 Å². The lowest BCUT2D eigenvalue weighted by molar-refractivity contribution is 0.712. The zero-order valence-corrected chi connectivity index (χ0v) is 17.1. The fourth-order valence-corrected chi connectivity index (χ4v) is 6.49. The molecule has 0 saturated carbocycles. The molecule has 2 aliphatic rings.